The van der Waals surface area contributed by atoms with E-state index in [1.807, 2.05) is 36.4 Å². The molecule has 0 aliphatic rings. The molecule has 1 N–H and O–H groups in total. The van der Waals surface area contributed by atoms with Crippen LogP contribution in [0.1, 0.15) is 0 Å². The molecule has 0 atom stereocenters. The van der Waals surface area contributed by atoms with Crippen molar-refractivity contribution in [3.05, 3.63) is 53.6 Å². The van der Waals surface area contributed by atoms with Gasteiger partial charge in [0.05, 0.1) is 0 Å². The number of phenolic OH excluding ortho intramolecular Hbond substituents is 1. The maximum absolute atomic E-state index is 9.30. The Morgan fingerprint density at radius 3 is 2.33 bits per heavy atom. The maximum atomic E-state index is 9.30. The predicted molar refractivity (Wildman–Crippen MR) is 63.7 cm³/mol. The molecule has 0 saturated carbocycles. The van der Waals surface area contributed by atoms with E-state index in [-0.39, 0.29) is 5.75 Å². The summed E-state index contributed by atoms with van der Waals surface area (Å²) in [5.74, 6) is 0.286. The number of phenols is 1. The molecule has 0 bridgehead atoms. The molecule has 2 rings (SSSR count). The molecule has 0 heterocycles. The molecule has 0 spiro atoms. The second kappa shape index (κ2) is 4.60. The molecule has 1 nitrogen and oxygen atoms in total. The van der Waals surface area contributed by atoms with E-state index in [9.17, 15) is 5.11 Å². The topological polar surface area (TPSA) is 20.2 Å². The monoisotopic (exact) mass is 236 g/mol. The first-order chi connectivity index (χ1) is 7.24. The van der Waals surface area contributed by atoms with Crippen LogP contribution in [0.15, 0.2) is 58.3 Å². The van der Waals surface area contributed by atoms with Crippen molar-refractivity contribution in [3.8, 4) is 5.75 Å². The van der Waals surface area contributed by atoms with E-state index < -0.39 is 0 Å². The average molecular weight is 237 g/mol. The van der Waals surface area contributed by atoms with Crippen molar-refractivity contribution < 1.29 is 5.11 Å². The smallest absolute Gasteiger partial charge is 0.116 e. The SMILES string of the molecule is Oc1cccc(Sc2ccc(Cl)cc2)c1. The highest BCUT2D eigenvalue weighted by atomic mass is 35.5. The van der Waals surface area contributed by atoms with Crippen LogP contribution in [0.25, 0.3) is 0 Å². The molecule has 0 radical (unpaired) electrons. The Bertz CT molecular complexity index is 453. The Kier molecular flexibility index (Phi) is 3.19. The van der Waals surface area contributed by atoms with Gasteiger partial charge < -0.3 is 5.11 Å². The summed E-state index contributed by atoms with van der Waals surface area (Å²) in [6.07, 6.45) is 0. The van der Waals surface area contributed by atoms with E-state index in [2.05, 4.69) is 0 Å². The molecule has 76 valence electrons. The van der Waals surface area contributed by atoms with Crippen LogP contribution < -0.4 is 0 Å². The van der Waals surface area contributed by atoms with E-state index in [1.54, 1.807) is 23.9 Å². The molecule has 15 heavy (non-hydrogen) atoms. The van der Waals surface area contributed by atoms with Crippen molar-refractivity contribution in [1.29, 1.82) is 0 Å². The Morgan fingerprint density at radius 1 is 0.933 bits per heavy atom. The first-order valence-electron chi connectivity index (χ1n) is 4.46. The van der Waals surface area contributed by atoms with E-state index in [1.165, 1.54) is 0 Å². The van der Waals surface area contributed by atoms with Gasteiger partial charge in [-0.3, -0.25) is 0 Å². The predicted octanol–water partition coefficient (Wildman–Crippen LogP) is 4.20. The van der Waals surface area contributed by atoms with Gasteiger partial charge in [0.1, 0.15) is 5.75 Å². The fourth-order valence-electron chi connectivity index (χ4n) is 1.19. The Labute approximate surface area is 97.7 Å². The zero-order valence-corrected chi connectivity index (χ0v) is 9.42. The van der Waals surface area contributed by atoms with E-state index in [0.717, 1.165) is 14.8 Å². The summed E-state index contributed by atoms with van der Waals surface area (Å²) in [4.78, 5) is 2.11. The second-order valence-corrected chi connectivity index (χ2v) is 4.64. The van der Waals surface area contributed by atoms with Gasteiger partial charge in [-0.05, 0) is 42.5 Å². The number of halogens is 1. The van der Waals surface area contributed by atoms with Gasteiger partial charge in [0, 0.05) is 14.8 Å². The Morgan fingerprint density at radius 2 is 1.67 bits per heavy atom. The molecule has 3 heteroatoms. The zero-order chi connectivity index (χ0) is 10.7. The minimum Gasteiger partial charge on any atom is -0.508 e. The molecule has 0 saturated heterocycles. The Balaban J connectivity index is 2.18. The van der Waals surface area contributed by atoms with Gasteiger partial charge in [-0.25, -0.2) is 0 Å². The van der Waals surface area contributed by atoms with Crippen LogP contribution >= 0.6 is 23.4 Å². The van der Waals surface area contributed by atoms with Gasteiger partial charge in [0.25, 0.3) is 0 Å². The van der Waals surface area contributed by atoms with Crippen LogP contribution in [0.2, 0.25) is 5.02 Å². The maximum Gasteiger partial charge on any atom is 0.116 e. The van der Waals surface area contributed by atoms with Crippen LogP contribution in [0.4, 0.5) is 0 Å². The molecule has 0 fully saturated rings. The van der Waals surface area contributed by atoms with Gasteiger partial charge in [-0.1, -0.05) is 29.4 Å². The summed E-state index contributed by atoms with van der Waals surface area (Å²) in [5, 5.41) is 10.0. The number of aromatic hydroxyl groups is 1. The number of benzene rings is 2. The van der Waals surface area contributed by atoms with Crippen LogP contribution in [-0.2, 0) is 0 Å². The van der Waals surface area contributed by atoms with E-state index in [4.69, 9.17) is 11.6 Å². The fraction of sp³-hybridized carbons (Fsp3) is 0. The van der Waals surface area contributed by atoms with Crippen LogP contribution in [0.5, 0.6) is 5.75 Å². The highest BCUT2D eigenvalue weighted by molar-refractivity contribution is 7.99. The van der Waals surface area contributed by atoms with Gasteiger partial charge in [0.15, 0.2) is 0 Å². The summed E-state index contributed by atoms with van der Waals surface area (Å²) < 4.78 is 0. The highest BCUT2D eigenvalue weighted by Gasteiger charge is 1.98. The molecular weight excluding hydrogens is 228 g/mol. The van der Waals surface area contributed by atoms with E-state index in [0.29, 0.717) is 0 Å². The molecule has 0 aliphatic heterocycles. The standard InChI is InChI=1S/C12H9ClOS/c13-9-4-6-11(7-5-9)15-12-3-1-2-10(14)8-12/h1-8,14H. The van der Waals surface area contributed by atoms with Crippen molar-refractivity contribution in [2.24, 2.45) is 0 Å². The van der Waals surface area contributed by atoms with Crippen molar-refractivity contribution in [2.45, 2.75) is 9.79 Å². The van der Waals surface area contributed by atoms with Crippen LogP contribution in [0, 0.1) is 0 Å². The minimum atomic E-state index is 0.286. The van der Waals surface area contributed by atoms with Gasteiger partial charge in [-0.15, -0.1) is 0 Å². The lowest BCUT2D eigenvalue weighted by atomic mass is 10.3. The van der Waals surface area contributed by atoms with Gasteiger partial charge in [-0.2, -0.15) is 0 Å². The summed E-state index contributed by atoms with van der Waals surface area (Å²) in [7, 11) is 0. The summed E-state index contributed by atoms with van der Waals surface area (Å²) in [5.41, 5.74) is 0. The second-order valence-electron chi connectivity index (χ2n) is 3.05. The first kappa shape index (κ1) is 10.4. The number of hydrogen-bond acceptors (Lipinski definition) is 2. The molecule has 0 aliphatic carbocycles. The molecule has 0 unspecified atom stereocenters. The lowest BCUT2D eigenvalue weighted by Gasteiger charge is -2.01. The summed E-state index contributed by atoms with van der Waals surface area (Å²) in [6, 6.07) is 14.8. The first-order valence-corrected chi connectivity index (χ1v) is 5.66. The van der Waals surface area contributed by atoms with Gasteiger partial charge >= 0.3 is 0 Å². The number of rotatable bonds is 2. The lowest BCUT2D eigenvalue weighted by molar-refractivity contribution is 0.474. The summed E-state index contributed by atoms with van der Waals surface area (Å²) >= 11 is 7.38. The fourth-order valence-corrected chi connectivity index (χ4v) is 2.18. The largest absolute Gasteiger partial charge is 0.508 e. The molecule has 0 aromatic heterocycles. The summed E-state index contributed by atoms with van der Waals surface area (Å²) in [6.45, 7) is 0. The van der Waals surface area contributed by atoms with Crippen molar-refractivity contribution in [3.63, 3.8) is 0 Å². The van der Waals surface area contributed by atoms with Crippen LogP contribution in [0.3, 0.4) is 0 Å². The van der Waals surface area contributed by atoms with Crippen molar-refractivity contribution in [2.75, 3.05) is 0 Å². The normalized spacial score (nSPS) is 10.2. The lowest BCUT2D eigenvalue weighted by Crippen LogP contribution is -1.73. The Hall–Kier alpha value is -1.12. The third-order valence-electron chi connectivity index (χ3n) is 1.87. The molecular formula is C12H9ClOS. The quantitative estimate of drug-likeness (QED) is 0.844. The molecule has 0 amide bonds. The van der Waals surface area contributed by atoms with Crippen molar-refractivity contribution in [1.82, 2.24) is 0 Å². The minimum absolute atomic E-state index is 0.286. The number of hydrogen-bond donors (Lipinski definition) is 1. The third kappa shape index (κ3) is 2.91. The average Bonchev–Trinajstić information content (AvgIpc) is 2.22. The van der Waals surface area contributed by atoms with E-state index >= 15 is 0 Å². The van der Waals surface area contributed by atoms with Gasteiger partial charge in [0.2, 0.25) is 0 Å². The highest BCUT2D eigenvalue weighted by Crippen LogP contribution is 2.30. The molecule has 2 aromatic carbocycles. The molecule has 2 aromatic rings. The zero-order valence-electron chi connectivity index (χ0n) is 7.85. The third-order valence-corrected chi connectivity index (χ3v) is 3.12. The van der Waals surface area contributed by atoms with Crippen molar-refractivity contribution >= 4 is 23.4 Å². The van der Waals surface area contributed by atoms with Crippen LogP contribution in [-0.4, -0.2) is 5.11 Å².